The summed E-state index contributed by atoms with van der Waals surface area (Å²) in [5, 5.41) is 6.25. The van der Waals surface area contributed by atoms with Gasteiger partial charge in [-0.3, -0.25) is 4.79 Å². The lowest BCUT2D eigenvalue weighted by Gasteiger charge is -2.38. The quantitative estimate of drug-likeness (QED) is 0.898. The number of fused-ring (bicyclic) bond motifs is 1. The third kappa shape index (κ3) is 2.64. The zero-order chi connectivity index (χ0) is 15.0. The van der Waals surface area contributed by atoms with Gasteiger partial charge >= 0.3 is 0 Å². The molecule has 21 heavy (non-hydrogen) atoms. The molecule has 0 saturated carbocycles. The number of hydrogen-bond donors (Lipinski definition) is 2. The van der Waals surface area contributed by atoms with E-state index in [1.54, 1.807) is 0 Å². The fourth-order valence-electron chi connectivity index (χ4n) is 3.63. The van der Waals surface area contributed by atoms with Crippen LogP contribution in [0.3, 0.4) is 0 Å². The first-order valence-corrected chi connectivity index (χ1v) is 8.05. The molecule has 1 fully saturated rings. The Morgan fingerprint density at radius 3 is 2.90 bits per heavy atom. The normalized spacial score (nSPS) is 28.4. The average Bonchev–Trinajstić information content (AvgIpc) is 2.75. The highest BCUT2D eigenvalue weighted by Gasteiger charge is 2.31. The third-order valence-corrected chi connectivity index (χ3v) is 4.75. The van der Waals surface area contributed by atoms with Crippen LogP contribution in [0.4, 0.5) is 11.4 Å². The Hall–Kier alpha value is -1.55. The summed E-state index contributed by atoms with van der Waals surface area (Å²) in [6, 6.07) is 6.76. The van der Waals surface area contributed by atoms with E-state index in [4.69, 9.17) is 0 Å². The predicted octanol–water partition coefficient (Wildman–Crippen LogP) is 2.91. The molecule has 3 rings (SSSR count). The van der Waals surface area contributed by atoms with Crippen molar-refractivity contribution in [2.75, 3.05) is 23.3 Å². The van der Waals surface area contributed by atoms with Crippen molar-refractivity contribution in [3.8, 4) is 0 Å². The Balaban J connectivity index is 1.84. The molecule has 2 aliphatic heterocycles. The molecule has 1 aromatic rings. The zero-order valence-corrected chi connectivity index (χ0v) is 13.1. The van der Waals surface area contributed by atoms with Crippen molar-refractivity contribution in [1.82, 2.24) is 5.32 Å². The Morgan fingerprint density at radius 2 is 2.19 bits per heavy atom. The highest BCUT2D eigenvalue weighted by molar-refractivity contribution is 6.03. The summed E-state index contributed by atoms with van der Waals surface area (Å²) < 4.78 is 0. The molecule has 2 aliphatic rings. The minimum atomic E-state index is -0.196. The number of anilines is 2. The van der Waals surface area contributed by atoms with Gasteiger partial charge in [0.25, 0.3) is 0 Å². The van der Waals surface area contributed by atoms with E-state index in [0.29, 0.717) is 6.04 Å². The molecule has 4 heteroatoms. The second-order valence-electron chi connectivity index (χ2n) is 6.42. The summed E-state index contributed by atoms with van der Waals surface area (Å²) in [5.74, 6) is 0.868. The van der Waals surface area contributed by atoms with Crippen LogP contribution in [0.1, 0.15) is 45.2 Å². The van der Waals surface area contributed by atoms with Crippen molar-refractivity contribution in [3.05, 3.63) is 23.8 Å². The van der Waals surface area contributed by atoms with Crippen molar-refractivity contribution in [1.29, 1.82) is 0 Å². The lowest BCUT2D eigenvalue weighted by Crippen LogP contribution is -2.40. The minimum absolute atomic E-state index is 0.0596. The average molecular weight is 287 g/mol. The van der Waals surface area contributed by atoms with Gasteiger partial charge in [-0.25, -0.2) is 0 Å². The highest BCUT2D eigenvalue weighted by Crippen LogP contribution is 2.36. The molecule has 3 atom stereocenters. The lowest BCUT2D eigenvalue weighted by molar-refractivity contribution is -0.117. The van der Waals surface area contributed by atoms with E-state index >= 15 is 0 Å². The fourth-order valence-corrected chi connectivity index (χ4v) is 3.63. The highest BCUT2D eigenvalue weighted by atomic mass is 16.2. The van der Waals surface area contributed by atoms with Crippen LogP contribution in [0, 0.1) is 5.92 Å². The van der Waals surface area contributed by atoms with Gasteiger partial charge in [0, 0.05) is 29.5 Å². The lowest BCUT2D eigenvalue weighted by atomic mass is 9.92. The number of amides is 1. The van der Waals surface area contributed by atoms with Crippen LogP contribution in [0.2, 0.25) is 0 Å². The van der Waals surface area contributed by atoms with Crippen LogP contribution < -0.4 is 15.5 Å². The maximum atomic E-state index is 12.0. The molecule has 1 saturated heterocycles. The van der Waals surface area contributed by atoms with Crippen LogP contribution in [-0.4, -0.2) is 25.0 Å². The third-order valence-electron chi connectivity index (χ3n) is 4.75. The number of hydrogen-bond acceptors (Lipinski definition) is 3. The number of benzene rings is 1. The number of piperidine rings is 1. The van der Waals surface area contributed by atoms with Gasteiger partial charge in [-0.1, -0.05) is 19.9 Å². The monoisotopic (exact) mass is 287 g/mol. The smallest absolute Gasteiger partial charge is 0.246 e. The molecule has 2 heterocycles. The summed E-state index contributed by atoms with van der Waals surface area (Å²) in [6.45, 7) is 8.54. The molecule has 1 aromatic carbocycles. The number of rotatable bonds is 3. The number of nitrogens with one attached hydrogen (secondary N) is 2. The van der Waals surface area contributed by atoms with Gasteiger partial charge in [0.2, 0.25) is 5.91 Å². The molecular formula is C17H25N3O. The van der Waals surface area contributed by atoms with E-state index in [1.165, 1.54) is 18.5 Å². The first-order valence-electron chi connectivity index (χ1n) is 8.05. The molecule has 0 bridgehead atoms. The summed E-state index contributed by atoms with van der Waals surface area (Å²) in [5.41, 5.74) is 3.27. The Morgan fingerprint density at radius 1 is 1.38 bits per heavy atom. The summed E-state index contributed by atoms with van der Waals surface area (Å²) in [7, 11) is 0. The molecule has 3 unspecified atom stereocenters. The van der Waals surface area contributed by atoms with Gasteiger partial charge in [-0.05, 0) is 44.4 Å². The first kappa shape index (κ1) is 14.4. The van der Waals surface area contributed by atoms with Crippen LogP contribution in [0.5, 0.6) is 0 Å². The minimum Gasteiger partial charge on any atom is -0.369 e. The molecule has 4 nitrogen and oxygen atoms in total. The molecule has 2 N–H and O–H groups in total. The number of carbonyl (C=O) groups is 1. The number of likely N-dealkylation sites (N-methyl/N-ethyl adjacent to an activating group) is 1. The van der Waals surface area contributed by atoms with Gasteiger partial charge in [0.1, 0.15) is 6.04 Å². The van der Waals surface area contributed by atoms with Crippen LogP contribution >= 0.6 is 0 Å². The van der Waals surface area contributed by atoms with Crippen LogP contribution in [-0.2, 0) is 4.79 Å². The Bertz CT molecular complexity index is 543. The van der Waals surface area contributed by atoms with E-state index in [1.807, 2.05) is 6.92 Å². The Labute approximate surface area is 126 Å². The van der Waals surface area contributed by atoms with Gasteiger partial charge in [-0.2, -0.15) is 0 Å². The molecule has 0 spiro atoms. The van der Waals surface area contributed by atoms with E-state index < -0.39 is 0 Å². The summed E-state index contributed by atoms with van der Waals surface area (Å²) >= 11 is 0. The van der Waals surface area contributed by atoms with Crippen molar-refractivity contribution in [3.63, 3.8) is 0 Å². The largest absolute Gasteiger partial charge is 0.369 e. The summed E-state index contributed by atoms with van der Waals surface area (Å²) in [4.78, 5) is 14.5. The van der Waals surface area contributed by atoms with E-state index in [0.717, 1.165) is 30.3 Å². The molecule has 0 aliphatic carbocycles. The van der Waals surface area contributed by atoms with Gasteiger partial charge in [-0.15, -0.1) is 0 Å². The van der Waals surface area contributed by atoms with Gasteiger partial charge < -0.3 is 15.5 Å². The number of nitrogens with zero attached hydrogens (tertiary/aromatic N) is 1. The van der Waals surface area contributed by atoms with Crippen LogP contribution in [0.15, 0.2) is 18.2 Å². The molecule has 0 radical (unpaired) electrons. The zero-order valence-electron chi connectivity index (χ0n) is 13.1. The van der Waals surface area contributed by atoms with Crippen molar-refractivity contribution < 1.29 is 4.79 Å². The van der Waals surface area contributed by atoms with Gasteiger partial charge in [0.15, 0.2) is 0 Å². The number of carbonyl (C=O) groups excluding carboxylic acids is 1. The Kier molecular flexibility index (Phi) is 3.89. The second kappa shape index (κ2) is 5.68. The molecular weight excluding hydrogens is 262 g/mol. The topological polar surface area (TPSA) is 44.4 Å². The molecule has 1 amide bonds. The van der Waals surface area contributed by atoms with Crippen molar-refractivity contribution in [2.45, 2.75) is 45.7 Å². The van der Waals surface area contributed by atoms with E-state index in [9.17, 15) is 4.79 Å². The first-order chi connectivity index (χ1) is 10.1. The van der Waals surface area contributed by atoms with Gasteiger partial charge in [0.05, 0.1) is 0 Å². The second-order valence-corrected chi connectivity index (χ2v) is 6.42. The van der Waals surface area contributed by atoms with E-state index in [2.05, 4.69) is 47.6 Å². The van der Waals surface area contributed by atoms with Crippen LogP contribution in [0.25, 0.3) is 0 Å². The van der Waals surface area contributed by atoms with Crippen molar-refractivity contribution >= 4 is 17.3 Å². The maximum absolute atomic E-state index is 12.0. The molecule has 0 aromatic heterocycles. The fraction of sp³-hybridized carbons (Fsp3) is 0.588. The molecule has 114 valence electrons. The summed E-state index contributed by atoms with van der Waals surface area (Å²) in [6.07, 6.45) is 2.48. The van der Waals surface area contributed by atoms with E-state index in [-0.39, 0.29) is 11.9 Å². The maximum Gasteiger partial charge on any atom is 0.246 e. The predicted molar refractivity (Wildman–Crippen MR) is 86.7 cm³/mol. The van der Waals surface area contributed by atoms with Crippen molar-refractivity contribution in [2.24, 2.45) is 5.92 Å². The standard InChI is InChI=1S/C17H25N3O/c1-4-18-16-14-6-5-13(10-15(14)19-17(16)21)20-8-7-11(2)9-12(20)3/h5-6,10-12,16,18H,4,7-9H2,1-3H3,(H,19,21). The SMILES string of the molecule is CCNC1C(=O)Nc2cc(N3CCC(C)CC3C)ccc21.